The first kappa shape index (κ1) is 12.7. The lowest BCUT2D eigenvalue weighted by molar-refractivity contribution is 0.102. The zero-order valence-corrected chi connectivity index (χ0v) is 11.3. The molecule has 0 unspecified atom stereocenters. The van der Waals surface area contributed by atoms with Gasteiger partial charge in [0, 0.05) is 24.3 Å². The topological polar surface area (TPSA) is 52.6 Å². The standard InChI is InChI=1S/C16H16N2O2/c1-18-9-12-2-5-14(8-13(12)10-18)17-16(20)11-3-6-15(19)7-4-11/h2-8,19H,9-10H2,1H3,(H,17,20). The van der Waals surface area contributed by atoms with E-state index in [1.54, 1.807) is 12.1 Å². The highest BCUT2D eigenvalue weighted by Gasteiger charge is 2.16. The molecule has 2 N–H and O–H groups in total. The Morgan fingerprint density at radius 3 is 2.55 bits per heavy atom. The normalized spacial score (nSPS) is 14.1. The summed E-state index contributed by atoms with van der Waals surface area (Å²) < 4.78 is 0. The fraction of sp³-hybridized carbons (Fsp3) is 0.188. The van der Waals surface area contributed by atoms with E-state index in [0.29, 0.717) is 5.56 Å². The van der Waals surface area contributed by atoms with E-state index in [2.05, 4.69) is 23.3 Å². The van der Waals surface area contributed by atoms with Crippen molar-refractivity contribution in [3.63, 3.8) is 0 Å². The minimum absolute atomic E-state index is 0.155. The Morgan fingerprint density at radius 2 is 1.80 bits per heavy atom. The highest BCUT2D eigenvalue weighted by atomic mass is 16.3. The maximum absolute atomic E-state index is 12.1. The Balaban J connectivity index is 1.77. The Bertz CT molecular complexity index is 650. The quantitative estimate of drug-likeness (QED) is 0.880. The average molecular weight is 268 g/mol. The van der Waals surface area contributed by atoms with Gasteiger partial charge in [0.25, 0.3) is 5.91 Å². The number of nitrogens with zero attached hydrogens (tertiary/aromatic N) is 1. The molecule has 0 atom stereocenters. The van der Waals surface area contributed by atoms with E-state index >= 15 is 0 Å². The molecule has 1 aliphatic heterocycles. The summed E-state index contributed by atoms with van der Waals surface area (Å²) in [7, 11) is 2.08. The van der Waals surface area contributed by atoms with Crippen LogP contribution in [0.1, 0.15) is 21.5 Å². The molecule has 0 fully saturated rings. The van der Waals surface area contributed by atoms with E-state index in [1.165, 1.54) is 23.3 Å². The molecule has 20 heavy (non-hydrogen) atoms. The Morgan fingerprint density at radius 1 is 1.10 bits per heavy atom. The molecule has 0 aliphatic carbocycles. The van der Waals surface area contributed by atoms with Gasteiger partial charge < -0.3 is 10.4 Å². The lowest BCUT2D eigenvalue weighted by Crippen LogP contribution is -2.11. The molecule has 1 aliphatic rings. The summed E-state index contributed by atoms with van der Waals surface area (Å²) >= 11 is 0. The third-order valence-electron chi connectivity index (χ3n) is 3.47. The van der Waals surface area contributed by atoms with Crippen molar-refractivity contribution in [3.05, 3.63) is 59.2 Å². The maximum atomic E-state index is 12.1. The largest absolute Gasteiger partial charge is 0.508 e. The number of carbonyl (C=O) groups is 1. The summed E-state index contributed by atoms with van der Waals surface area (Å²) in [5, 5.41) is 12.1. The van der Waals surface area contributed by atoms with Crippen LogP contribution in [-0.2, 0) is 13.1 Å². The predicted molar refractivity (Wildman–Crippen MR) is 77.7 cm³/mol. The monoisotopic (exact) mass is 268 g/mol. The van der Waals surface area contributed by atoms with E-state index < -0.39 is 0 Å². The molecule has 0 saturated heterocycles. The Kier molecular flexibility index (Phi) is 3.16. The number of benzene rings is 2. The predicted octanol–water partition coefficient (Wildman–Crippen LogP) is 2.59. The van der Waals surface area contributed by atoms with Crippen LogP contribution in [0.2, 0.25) is 0 Å². The number of phenolic OH excluding ortho intramolecular Hbond substituents is 1. The minimum atomic E-state index is -0.170. The fourth-order valence-electron chi connectivity index (χ4n) is 2.46. The molecular weight excluding hydrogens is 252 g/mol. The first-order chi connectivity index (χ1) is 9.61. The van der Waals surface area contributed by atoms with Gasteiger partial charge in [-0.25, -0.2) is 0 Å². The van der Waals surface area contributed by atoms with Gasteiger partial charge in [-0.15, -0.1) is 0 Å². The van der Waals surface area contributed by atoms with Crippen molar-refractivity contribution in [2.45, 2.75) is 13.1 Å². The van der Waals surface area contributed by atoms with Crippen LogP contribution < -0.4 is 5.32 Å². The van der Waals surface area contributed by atoms with Crippen LogP contribution in [0, 0.1) is 0 Å². The highest BCUT2D eigenvalue weighted by Crippen LogP contribution is 2.24. The second-order valence-electron chi connectivity index (χ2n) is 5.16. The number of carbonyl (C=O) groups excluding carboxylic acids is 1. The van der Waals surface area contributed by atoms with Gasteiger partial charge in [-0.2, -0.15) is 0 Å². The van der Waals surface area contributed by atoms with Crippen LogP contribution in [0.3, 0.4) is 0 Å². The molecule has 0 radical (unpaired) electrons. The number of hydrogen-bond donors (Lipinski definition) is 2. The third kappa shape index (κ3) is 2.51. The van der Waals surface area contributed by atoms with Crippen molar-refractivity contribution in [1.82, 2.24) is 4.90 Å². The van der Waals surface area contributed by atoms with Crippen LogP contribution in [0.5, 0.6) is 5.75 Å². The molecule has 1 heterocycles. The van der Waals surface area contributed by atoms with E-state index in [4.69, 9.17) is 0 Å². The Hall–Kier alpha value is -2.33. The first-order valence-electron chi connectivity index (χ1n) is 6.52. The lowest BCUT2D eigenvalue weighted by Gasteiger charge is -2.07. The van der Waals surface area contributed by atoms with Gasteiger partial charge in [0.05, 0.1) is 0 Å². The van der Waals surface area contributed by atoms with Gasteiger partial charge in [0.15, 0.2) is 0 Å². The van der Waals surface area contributed by atoms with Gasteiger partial charge in [-0.3, -0.25) is 9.69 Å². The van der Waals surface area contributed by atoms with E-state index in [-0.39, 0.29) is 11.7 Å². The molecule has 102 valence electrons. The van der Waals surface area contributed by atoms with Gasteiger partial charge in [0.2, 0.25) is 0 Å². The van der Waals surface area contributed by atoms with Crippen LogP contribution in [0.25, 0.3) is 0 Å². The molecular formula is C16H16N2O2. The number of fused-ring (bicyclic) bond motifs is 1. The van der Waals surface area contributed by atoms with Crippen molar-refractivity contribution >= 4 is 11.6 Å². The molecule has 3 rings (SSSR count). The van der Waals surface area contributed by atoms with Crippen molar-refractivity contribution in [1.29, 1.82) is 0 Å². The van der Waals surface area contributed by atoms with Crippen molar-refractivity contribution in [3.8, 4) is 5.75 Å². The minimum Gasteiger partial charge on any atom is -0.508 e. The second-order valence-corrected chi connectivity index (χ2v) is 5.16. The second kappa shape index (κ2) is 4.98. The first-order valence-corrected chi connectivity index (χ1v) is 6.52. The third-order valence-corrected chi connectivity index (χ3v) is 3.47. The van der Waals surface area contributed by atoms with Crippen LogP contribution in [-0.4, -0.2) is 23.0 Å². The molecule has 4 nitrogen and oxygen atoms in total. The number of phenols is 1. The average Bonchev–Trinajstić information content (AvgIpc) is 2.78. The molecule has 0 spiro atoms. The van der Waals surface area contributed by atoms with Gasteiger partial charge >= 0.3 is 0 Å². The number of nitrogens with one attached hydrogen (secondary N) is 1. The summed E-state index contributed by atoms with van der Waals surface area (Å²) in [5.74, 6) is -0.0154. The zero-order valence-electron chi connectivity index (χ0n) is 11.3. The van der Waals surface area contributed by atoms with E-state index in [9.17, 15) is 9.90 Å². The maximum Gasteiger partial charge on any atom is 0.255 e. The van der Waals surface area contributed by atoms with Crippen LogP contribution >= 0.6 is 0 Å². The number of rotatable bonds is 2. The fourth-order valence-corrected chi connectivity index (χ4v) is 2.46. The molecule has 2 aromatic rings. The molecule has 4 heteroatoms. The summed E-state index contributed by atoms with van der Waals surface area (Å²) in [6.45, 7) is 1.87. The Labute approximate surface area is 117 Å². The van der Waals surface area contributed by atoms with Gasteiger partial charge in [-0.1, -0.05) is 6.07 Å². The molecule has 1 amide bonds. The summed E-state index contributed by atoms with van der Waals surface area (Å²) in [6.07, 6.45) is 0. The van der Waals surface area contributed by atoms with Gasteiger partial charge in [-0.05, 0) is 54.6 Å². The highest BCUT2D eigenvalue weighted by molar-refractivity contribution is 6.04. The molecule has 2 aromatic carbocycles. The lowest BCUT2D eigenvalue weighted by atomic mass is 10.1. The molecule has 0 aromatic heterocycles. The number of aromatic hydroxyl groups is 1. The van der Waals surface area contributed by atoms with E-state index in [1.807, 2.05) is 12.1 Å². The summed E-state index contributed by atoms with van der Waals surface area (Å²) in [4.78, 5) is 14.3. The van der Waals surface area contributed by atoms with Crippen LogP contribution in [0.4, 0.5) is 5.69 Å². The van der Waals surface area contributed by atoms with Gasteiger partial charge in [0.1, 0.15) is 5.75 Å². The van der Waals surface area contributed by atoms with Crippen molar-refractivity contribution in [2.75, 3.05) is 12.4 Å². The molecule has 0 bridgehead atoms. The SMILES string of the molecule is CN1Cc2ccc(NC(=O)c3ccc(O)cc3)cc2C1. The van der Waals surface area contributed by atoms with Crippen LogP contribution in [0.15, 0.2) is 42.5 Å². The number of anilines is 1. The number of hydrogen-bond acceptors (Lipinski definition) is 3. The van der Waals surface area contributed by atoms with E-state index in [0.717, 1.165) is 18.8 Å². The van der Waals surface area contributed by atoms with Crippen molar-refractivity contribution < 1.29 is 9.90 Å². The molecule has 0 saturated carbocycles. The number of amides is 1. The summed E-state index contributed by atoms with van der Waals surface area (Å²) in [5.41, 5.74) is 3.91. The zero-order chi connectivity index (χ0) is 14.1. The smallest absolute Gasteiger partial charge is 0.255 e. The summed E-state index contributed by atoms with van der Waals surface area (Å²) in [6, 6.07) is 12.2. The van der Waals surface area contributed by atoms with Crippen molar-refractivity contribution in [2.24, 2.45) is 0 Å².